The molecule has 125 heavy (non-hydrogen) atoms. The first-order valence-corrected chi connectivity index (χ1v) is 40.6. The lowest BCUT2D eigenvalue weighted by Gasteiger charge is -2.19. The number of sulfone groups is 2. The maximum atomic E-state index is 12.8. The zero-order chi connectivity index (χ0) is 88.8. The van der Waals surface area contributed by atoms with Gasteiger partial charge in [-0.1, -0.05) is 125 Å². The van der Waals surface area contributed by atoms with E-state index in [-0.39, 0.29) is 149 Å². The van der Waals surface area contributed by atoms with Gasteiger partial charge in [0.05, 0.1) is 60.2 Å². The van der Waals surface area contributed by atoms with Crippen molar-refractivity contribution < 1.29 is 100 Å². The molecule has 6 aromatic heterocycles. The zero-order valence-electron chi connectivity index (χ0n) is 65.2. The van der Waals surface area contributed by atoms with E-state index in [1.807, 2.05) is 26.0 Å². The molecule has 34 heteroatoms. The molecule has 0 radical (unpaired) electrons. The van der Waals surface area contributed by atoms with Gasteiger partial charge in [-0.3, -0.25) is 29.1 Å². The number of furan rings is 1. The van der Waals surface area contributed by atoms with E-state index in [9.17, 15) is 95.7 Å². The summed E-state index contributed by atoms with van der Waals surface area (Å²) < 4.78 is 59.4. The van der Waals surface area contributed by atoms with Crippen LogP contribution in [-0.4, -0.2) is 135 Å². The second-order valence-corrected chi connectivity index (χ2v) is 32.4. The van der Waals surface area contributed by atoms with E-state index >= 15 is 0 Å². The number of H-pyrrole nitrogens is 3. The van der Waals surface area contributed by atoms with Crippen molar-refractivity contribution >= 4 is 149 Å². The number of Topliss-reactive ketones (excluding diaryl/α,β-unsaturated/α-hetero) is 2. The summed E-state index contributed by atoms with van der Waals surface area (Å²) in [6.45, 7) is 7.24. The largest absolute Gasteiger partial charge is 0.507 e. The minimum absolute atomic E-state index is 0. The third-order valence-corrected chi connectivity index (χ3v) is 22.9. The number of carbonyl (C=O) groups is 7. The van der Waals surface area contributed by atoms with Crippen molar-refractivity contribution in [2.24, 2.45) is 0 Å². The maximum Gasteiger partial charge on any atom is 0.339 e. The van der Waals surface area contributed by atoms with E-state index in [2.05, 4.69) is 35.5 Å². The number of rotatable bonds is 15. The van der Waals surface area contributed by atoms with Gasteiger partial charge < -0.3 is 70.7 Å². The number of ketones is 3. The van der Waals surface area contributed by atoms with Gasteiger partial charge in [-0.15, -0.1) is 0 Å². The molecule has 1 aliphatic heterocycles. The lowest BCUT2D eigenvalue weighted by atomic mass is 9.90. The van der Waals surface area contributed by atoms with Crippen LogP contribution in [0, 0.1) is 0 Å². The molecular weight excluding hydrogens is 1670 g/mol. The Bertz CT molecular complexity index is 7250. The fraction of sp³-hybridized carbons (Fsp3) is 0.121. The number of benzene rings is 10. The van der Waals surface area contributed by atoms with Crippen LogP contribution in [0.4, 0.5) is 11.5 Å². The van der Waals surface area contributed by atoms with Gasteiger partial charge in [0.1, 0.15) is 57.5 Å². The number of aromatic nitrogens is 6. The number of fused-ring (bicyclic) bond motifs is 8. The number of phenolic OH excluding ortho intramolecular Hbond substituents is 2. The molecule has 16 aromatic rings. The number of aromatic amines is 3. The number of para-hydroxylation sites is 1. The van der Waals surface area contributed by atoms with Gasteiger partial charge in [0.2, 0.25) is 21.0 Å². The summed E-state index contributed by atoms with van der Waals surface area (Å²) in [5, 5.41) is 90.8. The molecule has 7 heterocycles. The molecule has 0 atom stereocenters. The SMILES string of the molecule is C.C.CC(=O)Cc1c[nH]c2cc(O)c(O)cc12.CC(=O)c1cc(=O)c2ccccc2[nH]1.CC(C)c1ccc2oc3nc(N)c(C(=O)O)cc3c(=O)c2c1.CS(=O)(=O)c1cc(C(=O)O)c(NCc2ccco2)cc1Cl.O=C(O)c1cc2ccccc2c(Cc2c(O)c(C(=O)O)cc3ccccc23)c1O.O=C1c2ccccc2S(=O)(=O)c2cc(-c3ncn[nH]3)ccc21. The Morgan fingerprint density at radius 3 is 1.78 bits per heavy atom. The van der Waals surface area contributed by atoms with Crippen molar-refractivity contribution in [2.75, 3.05) is 17.3 Å². The molecule has 0 unspecified atom stereocenters. The van der Waals surface area contributed by atoms with Crippen LogP contribution in [0.1, 0.15) is 144 Å². The molecule has 640 valence electrons. The lowest BCUT2D eigenvalue weighted by Crippen LogP contribution is -2.20. The number of pyridine rings is 2. The number of aromatic hydroxyl groups is 4. The Labute approximate surface area is 715 Å². The molecule has 17 rings (SSSR count). The van der Waals surface area contributed by atoms with Crippen molar-refractivity contribution in [1.82, 2.24) is 30.1 Å². The number of halogens is 1. The van der Waals surface area contributed by atoms with Gasteiger partial charge in [-0.25, -0.2) is 41.0 Å². The van der Waals surface area contributed by atoms with E-state index in [1.54, 1.807) is 115 Å². The number of nitrogen functional groups attached to an aromatic ring is 1. The quantitative estimate of drug-likeness (QED) is 0.0257. The standard InChI is InChI=1S/C23H16O6.C16H14N2O4.C15H9N3O3S.C13H12ClNO5S.C11H11NO3.C11H9NO2.2CH4/c24-20-16(14-7-3-1-5-12(14)9-18(20)22(26)27)11-17-15-8-4-2-6-13(15)10-19(21(17)25)23(28)29;1-7(2)8-3-4-12-9(5-8)13(19)10-6-11(16(20)21)14(17)18-15(10)22-12;19-14-10-3-1-2-4-12(10)22(20,21)13-7-9(5-6-11(13)14)15-16-8-17-18-15;1-21(18,19)12-5-9(13(16)17)11(6-10(12)14)15-7-8-3-2-4-20-8;1-6(13)2-7-5-12-9-4-11(15)10(14)3-8(7)9;1-7(13)10-6-11(14)8-4-2-3-5-9(8)12-10;;/h1-10,24-25H,11H2,(H,26,27)(H,28,29);3-7H,1-2H3,(H2,17,18)(H,20,21);1-8H,(H,16,17,18);2-6,15H,7H2,1H3,(H,16,17);3-5,12,14-15H,2H2,1H3;2-6H,1H3,(H,12,14);2*1H4. The Morgan fingerprint density at radius 1 is 0.608 bits per heavy atom. The number of carboxylic acid groups (broad SMARTS) is 4. The highest BCUT2D eigenvalue weighted by molar-refractivity contribution is 7.92. The van der Waals surface area contributed by atoms with Gasteiger partial charge in [0.15, 0.2) is 44.2 Å². The Morgan fingerprint density at radius 2 is 1.20 bits per heavy atom. The molecule has 0 saturated carbocycles. The molecule has 0 bridgehead atoms. The zero-order valence-corrected chi connectivity index (χ0v) is 67.6. The summed E-state index contributed by atoms with van der Waals surface area (Å²) in [5.74, 6) is -5.40. The number of anilines is 2. The van der Waals surface area contributed by atoms with Gasteiger partial charge >= 0.3 is 23.9 Å². The predicted octanol–water partition coefficient (Wildman–Crippen LogP) is 16.3. The number of hydrogen-bond acceptors (Lipinski definition) is 24. The normalized spacial score (nSPS) is 11.6. The average Bonchev–Trinajstić information content (AvgIpc) is 1.37. The summed E-state index contributed by atoms with van der Waals surface area (Å²) in [5.41, 5.74) is 10.1. The number of hydrogen-bond donors (Lipinski definition) is 13. The summed E-state index contributed by atoms with van der Waals surface area (Å²) in [4.78, 5) is 118. The summed E-state index contributed by atoms with van der Waals surface area (Å²) in [6, 6.07) is 51.3. The van der Waals surface area contributed by atoms with Crippen LogP contribution in [0.15, 0.2) is 246 Å². The highest BCUT2D eigenvalue weighted by Crippen LogP contribution is 2.41. The van der Waals surface area contributed by atoms with Gasteiger partial charge in [0.25, 0.3) is 0 Å². The number of nitrogens with one attached hydrogen (secondary N) is 4. The molecule has 0 saturated heterocycles. The summed E-state index contributed by atoms with van der Waals surface area (Å²) >= 11 is 5.92. The monoisotopic (exact) mass is 1750 g/mol. The number of carbonyl (C=O) groups excluding carboxylic acids is 3. The van der Waals surface area contributed by atoms with E-state index in [4.69, 9.17) is 31.3 Å². The molecule has 1 aliphatic rings. The van der Waals surface area contributed by atoms with Crippen LogP contribution in [0.3, 0.4) is 0 Å². The number of nitrogens with zero attached hydrogens (tertiary/aromatic N) is 3. The molecular formula is C91H79ClN8O23S2. The smallest absolute Gasteiger partial charge is 0.339 e. The van der Waals surface area contributed by atoms with Gasteiger partial charge in [-0.2, -0.15) is 10.1 Å². The number of carboxylic acids is 4. The van der Waals surface area contributed by atoms with Crippen LogP contribution < -0.4 is 21.9 Å². The minimum Gasteiger partial charge on any atom is -0.507 e. The molecule has 0 aliphatic carbocycles. The fourth-order valence-electron chi connectivity index (χ4n) is 13.4. The number of phenols is 4. The van der Waals surface area contributed by atoms with Crippen LogP contribution >= 0.6 is 11.6 Å². The van der Waals surface area contributed by atoms with Crippen LogP contribution in [0.25, 0.3) is 76.8 Å². The molecule has 0 fully saturated rings. The first-order chi connectivity index (χ1) is 58.4. The highest BCUT2D eigenvalue weighted by atomic mass is 35.5. The third kappa shape index (κ3) is 19.9. The molecule has 14 N–H and O–H groups in total. The molecule has 0 amide bonds. The topological polar surface area (TPSA) is 534 Å². The lowest BCUT2D eigenvalue weighted by molar-refractivity contribution is -0.116. The summed E-state index contributed by atoms with van der Waals surface area (Å²) in [7, 11) is -7.34. The van der Waals surface area contributed by atoms with Crippen molar-refractivity contribution in [3.63, 3.8) is 0 Å². The van der Waals surface area contributed by atoms with Crippen LogP contribution in [0.2, 0.25) is 5.02 Å². The van der Waals surface area contributed by atoms with Crippen molar-refractivity contribution in [3.8, 4) is 34.4 Å². The van der Waals surface area contributed by atoms with Crippen molar-refractivity contribution in [3.05, 3.63) is 305 Å². The number of nitrogens with two attached hydrogens (primary N) is 1. The third-order valence-electron chi connectivity index (χ3n) is 19.5. The second kappa shape index (κ2) is 38.0. The Hall–Kier alpha value is -15.6. The van der Waals surface area contributed by atoms with E-state index in [1.165, 1.54) is 93.2 Å². The predicted molar refractivity (Wildman–Crippen MR) is 470 cm³/mol. The first kappa shape index (κ1) is 91.7. The van der Waals surface area contributed by atoms with E-state index < -0.39 is 55.1 Å². The second-order valence-electron chi connectivity index (χ2n) is 28.1. The first-order valence-electron chi connectivity index (χ1n) is 36.8. The molecule has 0 spiro atoms. The maximum absolute atomic E-state index is 12.8. The van der Waals surface area contributed by atoms with E-state index in [0.717, 1.165) is 28.8 Å². The van der Waals surface area contributed by atoms with Gasteiger partial charge in [0, 0.05) is 94.0 Å². The molecule has 10 aromatic carbocycles. The highest BCUT2D eigenvalue weighted by Gasteiger charge is 2.35. The molecule has 31 nitrogen and oxygen atoms in total. The van der Waals surface area contributed by atoms with Crippen LogP contribution in [0.5, 0.6) is 23.0 Å². The van der Waals surface area contributed by atoms with Gasteiger partial charge in [-0.05, 0) is 143 Å². The Kier molecular flexibility index (Phi) is 27.9. The van der Waals surface area contributed by atoms with E-state index in [0.29, 0.717) is 89.3 Å². The van der Waals surface area contributed by atoms with Crippen LogP contribution in [-0.2, 0) is 43.9 Å². The Balaban J connectivity index is 0.000000159. The van der Waals surface area contributed by atoms with Crippen molar-refractivity contribution in [1.29, 1.82) is 0 Å². The average molecular weight is 1750 g/mol. The summed E-state index contributed by atoms with van der Waals surface area (Å²) in [6.07, 6.45) is 5.80. The number of aromatic carboxylic acids is 4. The van der Waals surface area contributed by atoms with Crippen molar-refractivity contribution in [2.45, 2.75) is 82.5 Å². The minimum atomic E-state index is -3.73. The fourth-order valence-corrected chi connectivity index (χ4v) is 16.4.